The zero-order valence-corrected chi connectivity index (χ0v) is 24.9. The standard InChI is InChI=1S/C26H27ClF2N4O2.C5H10O2/c27-17-10-16-23(22(29)20(17)21-18(28)6-3-7-19(21)34)31-25(35-11-15-4-1-2-5-15)32-24(16)33-9-8-26(14-33)12-30-13-26;1-5(2,3)4(6)7/h3,6-7,10,15,30,34H,1-2,4-5,8-9,11-14H2;1-3H3,(H,6,7). The molecule has 6 rings (SSSR count). The molecule has 1 spiro atoms. The Hall–Kier alpha value is -3.24. The second-order valence-corrected chi connectivity index (χ2v) is 13.1. The Kier molecular flexibility index (Phi) is 8.49. The molecule has 0 atom stereocenters. The topological polar surface area (TPSA) is 108 Å². The predicted molar refractivity (Wildman–Crippen MR) is 158 cm³/mol. The molecule has 2 saturated heterocycles. The van der Waals surface area contributed by atoms with Gasteiger partial charge in [-0.15, -0.1) is 0 Å². The lowest BCUT2D eigenvalue weighted by Gasteiger charge is -2.39. The number of rotatable bonds is 5. The summed E-state index contributed by atoms with van der Waals surface area (Å²) in [6, 6.07) is 5.50. The summed E-state index contributed by atoms with van der Waals surface area (Å²) in [4.78, 5) is 21.3. The molecular weight excluding hydrogens is 566 g/mol. The highest BCUT2D eigenvalue weighted by Crippen LogP contribution is 2.44. The number of anilines is 1. The summed E-state index contributed by atoms with van der Waals surface area (Å²) in [6.07, 6.45) is 5.58. The molecule has 226 valence electrons. The van der Waals surface area contributed by atoms with Gasteiger partial charge in [-0.2, -0.15) is 9.97 Å². The van der Waals surface area contributed by atoms with Gasteiger partial charge in [0.15, 0.2) is 5.82 Å². The van der Waals surface area contributed by atoms with Gasteiger partial charge in [0.2, 0.25) is 0 Å². The third-order valence-electron chi connectivity index (χ3n) is 8.39. The second kappa shape index (κ2) is 11.8. The molecule has 0 amide bonds. The molecule has 3 N–H and O–H groups in total. The predicted octanol–water partition coefficient (Wildman–Crippen LogP) is 6.42. The fraction of sp³-hybridized carbons (Fsp3) is 0.516. The minimum Gasteiger partial charge on any atom is -0.507 e. The number of ether oxygens (including phenoxy) is 1. The van der Waals surface area contributed by atoms with Gasteiger partial charge in [-0.05, 0) is 64.2 Å². The number of aliphatic carboxylic acids is 1. The van der Waals surface area contributed by atoms with Gasteiger partial charge in [-0.1, -0.05) is 30.5 Å². The van der Waals surface area contributed by atoms with E-state index in [-0.39, 0.29) is 33.1 Å². The van der Waals surface area contributed by atoms with Crippen LogP contribution in [-0.4, -0.2) is 58.9 Å². The largest absolute Gasteiger partial charge is 0.507 e. The number of phenolic OH excluding ortho intramolecular Hbond substituents is 1. The molecule has 2 aliphatic heterocycles. The van der Waals surface area contributed by atoms with Crippen molar-refractivity contribution in [1.29, 1.82) is 0 Å². The number of hydrogen-bond acceptors (Lipinski definition) is 7. The van der Waals surface area contributed by atoms with E-state index in [4.69, 9.17) is 26.4 Å². The Balaban J connectivity index is 0.000000451. The van der Waals surface area contributed by atoms with Crippen molar-refractivity contribution in [2.75, 3.05) is 37.7 Å². The SMILES string of the molecule is CC(C)(C)C(=O)O.Oc1cccc(F)c1-c1c(Cl)cc2c(N3CCC4(CNC4)C3)nc(OCC3CCCC3)nc2c1F. The van der Waals surface area contributed by atoms with Crippen molar-refractivity contribution < 1.29 is 28.5 Å². The van der Waals surface area contributed by atoms with Crippen LogP contribution in [0.3, 0.4) is 0 Å². The monoisotopic (exact) mass is 602 g/mol. The minimum atomic E-state index is -0.804. The Morgan fingerprint density at radius 2 is 1.88 bits per heavy atom. The highest BCUT2D eigenvalue weighted by molar-refractivity contribution is 6.34. The zero-order valence-electron chi connectivity index (χ0n) is 24.1. The number of phenols is 1. The van der Waals surface area contributed by atoms with E-state index in [9.17, 15) is 14.3 Å². The number of carboxylic acids is 1. The fourth-order valence-electron chi connectivity index (χ4n) is 5.71. The number of nitrogens with one attached hydrogen (secondary N) is 1. The lowest BCUT2D eigenvalue weighted by Crippen LogP contribution is -2.54. The quantitative estimate of drug-likeness (QED) is 0.307. The number of halogens is 3. The van der Waals surface area contributed by atoms with E-state index in [2.05, 4.69) is 15.2 Å². The van der Waals surface area contributed by atoms with E-state index in [1.165, 1.54) is 25.0 Å². The van der Waals surface area contributed by atoms with Crippen LogP contribution in [0, 0.1) is 28.4 Å². The molecule has 3 fully saturated rings. The average molecular weight is 603 g/mol. The summed E-state index contributed by atoms with van der Waals surface area (Å²) in [5.74, 6) is -1.71. The van der Waals surface area contributed by atoms with Crippen molar-refractivity contribution in [1.82, 2.24) is 15.3 Å². The number of nitrogens with zero attached hydrogens (tertiary/aromatic N) is 3. The van der Waals surface area contributed by atoms with Crippen LogP contribution in [0.4, 0.5) is 14.6 Å². The Labute approximate surface area is 249 Å². The van der Waals surface area contributed by atoms with E-state index >= 15 is 4.39 Å². The summed E-state index contributed by atoms with van der Waals surface area (Å²) in [7, 11) is 0. The molecule has 1 aromatic heterocycles. The summed E-state index contributed by atoms with van der Waals surface area (Å²) in [5.41, 5.74) is -0.886. The molecule has 2 aromatic carbocycles. The molecule has 11 heteroatoms. The summed E-state index contributed by atoms with van der Waals surface area (Å²) in [5, 5.41) is 22.3. The van der Waals surface area contributed by atoms with Gasteiger partial charge in [-0.25, -0.2) is 8.78 Å². The van der Waals surface area contributed by atoms with Crippen LogP contribution < -0.4 is 15.0 Å². The Bertz CT molecular complexity index is 1470. The first kappa shape index (κ1) is 30.2. The van der Waals surface area contributed by atoms with Crippen LogP contribution in [0.2, 0.25) is 5.02 Å². The highest BCUT2D eigenvalue weighted by atomic mass is 35.5. The van der Waals surface area contributed by atoms with Gasteiger partial charge in [0.25, 0.3) is 0 Å². The van der Waals surface area contributed by atoms with Gasteiger partial charge in [0.1, 0.15) is 22.9 Å². The number of hydrogen-bond donors (Lipinski definition) is 3. The van der Waals surface area contributed by atoms with Gasteiger partial charge < -0.3 is 25.2 Å². The lowest BCUT2D eigenvalue weighted by atomic mass is 9.81. The first-order valence-electron chi connectivity index (χ1n) is 14.4. The average Bonchev–Trinajstić information content (AvgIpc) is 3.59. The second-order valence-electron chi connectivity index (χ2n) is 12.7. The molecule has 8 nitrogen and oxygen atoms in total. The zero-order chi connectivity index (χ0) is 30.2. The van der Waals surface area contributed by atoms with Gasteiger partial charge in [0, 0.05) is 42.5 Å². The van der Waals surface area contributed by atoms with Crippen LogP contribution >= 0.6 is 11.6 Å². The maximum atomic E-state index is 16.1. The number of carboxylic acid groups (broad SMARTS) is 1. The third-order valence-corrected chi connectivity index (χ3v) is 8.68. The van der Waals surface area contributed by atoms with Crippen LogP contribution in [0.15, 0.2) is 24.3 Å². The molecule has 0 bridgehead atoms. The molecule has 3 heterocycles. The number of benzene rings is 2. The van der Waals surface area contributed by atoms with Crippen LogP contribution in [0.5, 0.6) is 11.8 Å². The highest BCUT2D eigenvalue weighted by Gasteiger charge is 2.44. The molecule has 42 heavy (non-hydrogen) atoms. The van der Waals surface area contributed by atoms with Crippen molar-refractivity contribution in [3.05, 3.63) is 40.9 Å². The number of carbonyl (C=O) groups is 1. The van der Waals surface area contributed by atoms with Crippen LogP contribution in [0.25, 0.3) is 22.0 Å². The maximum Gasteiger partial charge on any atom is 0.319 e. The normalized spacial score (nSPS) is 18.2. The number of fused-ring (bicyclic) bond motifs is 1. The Morgan fingerprint density at radius 3 is 2.45 bits per heavy atom. The van der Waals surface area contributed by atoms with Crippen molar-refractivity contribution in [2.24, 2.45) is 16.7 Å². The molecule has 1 saturated carbocycles. The molecule has 3 aromatic rings. The lowest BCUT2D eigenvalue weighted by molar-refractivity contribution is -0.145. The summed E-state index contributed by atoms with van der Waals surface area (Å²) in [6.45, 7) is 8.94. The first-order valence-corrected chi connectivity index (χ1v) is 14.8. The van der Waals surface area contributed by atoms with Crippen LogP contribution in [-0.2, 0) is 4.79 Å². The van der Waals surface area contributed by atoms with Gasteiger partial charge >= 0.3 is 12.0 Å². The van der Waals surface area contributed by atoms with Crippen molar-refractivity contribution >= 4 is 34.3 Å². The fourth-order valence-corrected chi connectivity index (χ4v) is 5.99. The van der Waals surface area contributed by atoms with Crippen LogP contribution in [0.1, 0.15) is 52.9 Å². The van der Waals surface area contributed by atoms with Crippen molar-refractivity contribution in [2.45, 2.75) is 52.9 Å². The van der Waals surface area contributed by atoms with Crippen molar-refractivity contribution in [3.8, 4) is 22.9 Å². The first-order chi connectivity index (χ1) is 19.9. The van der Waals surface area contributed by atoms with E-state index in [1.54, 1.807) is 26.8 Å². The summed E-state index contributed by atoms with van der Waals surface area (Å²) >= 11 is 6.51. The van der Waals surface area contributed by atoms with E-state index in [1.807, 2.05) is 0 Å². The van der Waals surface area contributed by atoms with Gasteiger partial charge in [0.05, 0.1) is 22.6 Å². The Morgan fingerprint density at radius 1 is 1.19 bits per heavy atom. The van der Waals surface area contributed by atoms with Gasteiger partial charge in [-0.3, -0.25) is 4.79 Å². The number of aromatic hydroxyl groups is 1. The smallest absolute Gasteiger partial charge is 0.319 e. The van der Waals surface area contributed by atoms with E-state index in [0.717, 1.165) is 51.5 Å². The molecule has 0 radical (unpaired) electrons. The number of aromatic nitrogens is 2. The molecular formula is C31H37ClF2N4O4. The minimum absolute atomic E-state index is 0.00570. The summed E-state index contributed by atoms with van der Waals surface area (Å²) < 4.78 is 36.7. The third kappa shape index (κ3) is 6.10. The van der Waals surface area contributed by atoms with E-state index < -0.39 is 28.8 Å². The molecule has 3 aliphatic rings. The molecule has 1 aliphatic carbocycles. The van der Waals surface area contributed by atoms with Crippen molar-refractivity contribution in [3.63, 3.8) is 0 Å². The van der Waals surface area contributed by atoms with E-state index in [0.29, 0.717) is 23.7 Å². The molecule has 0 unspecified atom stereocenters. The maximum absolute atomic E-state index is 16.1.